The third-order valence-electron chi connectivity index (χ3n) is 9.69. The van der Waals surface area contributed by atoms with Gasteiger partial charge >= 0.3 is 0 Å². The van der Waals surface area contributed by atoms with Gasteiger partial charge in [-0.2, -0.15) is 0 Å². The van der Waals surface area contributed by atoms with E-state index in [1.54, 1.807) is 0 Å². The van der Waals surface area contributed by atoms with Gasteiger partial charge in [0.1, 0.15) is 0 Å². The molecule has 0 aromatic carbocycles. The molecule has 4 nitrogen and oxygen atoms in total. The summed E-state index contributed by atoms with van der Waals surface area (Å²) in [6, 6.07) is 0. The summed E-state index contributed by atoms with van der Waals surface area (Å²) in [5.41, 5.74) is 0. The number of hydrogen-bond donors (Lipinski definition) is 0. The summed E-state index contributed by atoms with van der Waals surface area (Å²) >= 11 is 0. The molecular weight excluding hydrogens is 372 g/mol. The molecule has 168 valence electrons. The second kappa shape index (κ2) is 9.20. The number of hydrogen-bond acceptors (Lipinski definition) is 2. The van der Waals surface area contributed by atoms with E-state index in [2.05, 4.69) is 9.80 Å². The summed E-state index contributed by atoms with van der Waals surface area (Å²) in [4.78, 5) is 31.0. The molecule has 4 heteroatoms. The van der Waals surface area contributed by atoms with E-state index < -0.39 is 0 Å². The predicted molar refractivity (Wildman–Crippen MR) is 119 cm³/mol. The monoisotopic (exact) mass is 414 g/mol. The maximum Gasteiger partial charge on any atom is 0.226 e. The Morgan fingerprint density at radius 3 is 1.27 bits per heavy atom. The van der Waals surface area contributed by atoms with Crippen LogP contribution in [0.15, 0.2) is 0 Å². The Balaban J connectivity index is 1.17. The Hall–Kier alpha value is -1.06. The Kier molecular flexibility index (Phi) is 6.39. The normalized spacial score (nSPS) is 39.7. The molecule has 4 saturated carbocycles. The van der Waals surface area contributed by atoms with Gasteiger partial charge in [0, 0.05) is 38.0 Å². The number of amides is 2. The molecule has 30 heavy (non-hydrogen) atoms. The van der Waals surface area contributed by atoms with Gasteiger partial charge in [0.05, 0.1) is 0 Å². The minimum atomic E-state index is 0.271. The van der Waals surface area contributed by atoms with Crippen LogP contribution in [0, 0.1) is 35.5 Å². The molecule has 2 amide bonds. The van der Waals surface area contributed by atoms with Crippen LogP contribution in [0.1, 0.15) is 89.9 Å². The summed E-state index contributed by atoms with van der Waals surface area (Å²) < 4.78 is 0. The Labute approximate surface area is 183 Å². The summed E-state index contributed by atoms with van der Waals surface area (Å²) in [5, 5.41) is 0. The fourth-order valence-electron chi connectivity index (χ4n) is 8.11. The van der Waals surface area contributed by atoms with E-state index in [1.165, 1.54) is 77.0 Å². The zero-order valence-electron chi connectivity index (χ0n) is 18.9. The van der Waals surface area contributed by atoms with Gasteiger partial charge < -0.3 is 9.80 Å². The van der Waals surface area contributed by atoms with E-state index in [1.807, 2.05) is 0 Å². The number of fused-ring (bicyclic) bond motifs is 2. The summed E-state index contributed by atoms with van der Waals surface area (Å²) in [7, 11) is 0. The van der Waals surface area contributed by atoms with E-state index in [0.29, 0.717) is 23.7 Å². The lowest BCUT2D eigenvalue weighted by molar-refractivity contribution is -0.149. The molecule has 1 aliphatic heterocycles. The van der Waals surface area contributed by atoms with Crippen LogP contribution in [0.3, 0.4) is 0 Å². The van der Waals surface area contributed by atoms with Crippen LogP contribution >= 0.6 is 0 Å². The highest BCUT2D eigenvalue weighted by atomic mass is 16.2. The van der Waals surface area contributed by atoms with Crippen LogP contribution < -0.4 is 0 Å². The van der Waals surface area contributed by atoms with Gasteiger partial charge in [0.2, 0.25) is 11.8 Å². The number of piperazine rings is 1. The van der Waals surface area contributed by atoms with Crippen molar-refractivity contribution >= 4 is 11.8 Å². The highest BCUT2D eigenvalue weighted by molar-refractivity contribution is 5.81. The second-order valence-corrected chi connectivity index (χ2v) is 11.1. The maximum atomic E-state index is 13.4. The van der Waals surface area contributed by atoms with E-state index in [9.17, 15) is 9.59 Å². The molecule has 4 aliphatic carbocycles. The van der Waals surface area contributed by atoms with E-state index in [4.69, 9.17) is 0 Å². The number of carbonyl (C=O) groups excluding carboxylic acids is 2. The van der Waals surface area contributed by atoms with Gasteiger partial charge in [-0.1, -0.05) is 64.2 Å². The molecule has 0 aromatic rings. The third-order valence-corrected chi connectivity index (χ3v) is 9.69. The zero-order chi connectivity index (χ0) is 20.5. The Morgan fingerprint density at radius 1 is 0.467 bits per heavy atom. The molecule has 5 rings (SSSR count). The van der Waals surface area contributed by atoms with Crippen LogP contribution in [0.25, 0.3) is 0 Å². The van der Waals surface area contributed by atoms with Crippen LogP contribution in [0.4, 0.5) is 0 Å². The van der Waals surface area contributed by atoms with Crippen LogP contribution in [-0.4, -0.2) is 47.8 Å². The number of nitrogens with zero attached hydrogens (tertiary/aromatic N) is 2. The molecule has 1 heterocycles. The molecule has 0 aromatic heterocycles. The lowest BCUT2D eigenvalue weighted by Crippen LogP contribution is -2.55. The van der Waals surface area contributed by atoms with Gasteiger partial charge in [-0.15, -0.1) is 0 Å². The quantitative estimate of drug-likeness (QED) is 0.647. The smallest absolute Gasteiger partial charge is 0.226 e. The molecule has 0 radical (unpaired) electrons. The maximum absolute atomic E-state index is 13.4. The summed E-state index contributed by atoms with van der Waals surface area (Å²) in [6.07, 6.45) is 18.0. The molecule has 0 N–H and O–H groups in total. The molecule has 1 saturated heterocycles. The zero-order valence-corrected chi connectivity index (χ0v) is 18.9. The first-order valence-corrected chi connectivity index (χ1v) is 13.3. The van der Waals surface area contributed by atoms with Crippen molar-refractivity contribution in [1.82, 2.24) is 9.80 Å². The number of carbonyl (C=O) groups is 2. The average Bonchev–Trinajstić information content (AvgIpc) is 2.82. The standard InChI is InChI=1S/C26H42N2O2/c29-25(23-13-5-9-19-7-1-3-11-21(19)23)27-15-17-28(18-16-27)26(30)24-14-6-10-20-8-2-4-12-22(20)24/h19-24H,1-18H2. The highest BCUT2D eigenvalue weighted by Gasteiger charge is 2.43. The van der Waals surface area contributed by atoms with Crippen LogP contribution in [0.5, 0.6) is 0 Å². The fraction of sp³-hybridized carbons (Fsp3) is 0.923. The summed E-state index contributed by atoms with van der Waals surface area (Å²) in [6.45, 7) is 3.05. The molecule has 5 aliphatic rings. The van der Waals surface area contributed by atoms with Gasteiger partial charge in [-0.25, -0.2) is 0 Å². The van der Waals surface area contributed by atoms with Crippen molar-refractivity contribution in [1.29, 1.82) is 0 Å². The first-order valence-electron chi connectivity index (χ1n) is 13.3. The molecule has 6 unspecified atom stereocenters. The predicted octanol–water partition coefficient (Wildman–Crippen LogP) is 4.87. The first kappa shape index (κ1) is 20.8. The van der Waals surface area contributed by atoms with Crippen molar-refractivity contribution in [2.24, 2.45) is 35.5 Å². The first-order chi connectivity index (χ1) is 14.7. The van der Waals surface area contributed by atoms with Gasteiger partial charge in [-0.05, 0) is 49.4 Å². The number of rotatable bonds is 2. The van der Waals surface area contributed by atoms with Crippen molar-refractivity contribution in [2.45, 2.75) is 89.9 Å². The highest BCUT2D eigenvalue weighted by Crippen LogP contribution is 2.46. The largest absolute Gasteiger partial charge is 0.339 e. The van der Waals surface area contributed by atoms with E-state index >= 15 is 0 Å². The van der Waals surface area contributed by atoms with E-state index in [-0.39, 0.29) is 11.8 Å². The average molecular weight is 415 g/mol. The molecule has 0 spiro atoms. The van der Waals surface area contributed by atoms with Crippen molar-refractivity contribution < 1.29 is 9.59 Å². The minimum Gasteiger partial charge on any atom is -0.339 e. The lowest BCUT2D eigenvalue weighted by atomic mass is 9.65. The molecule has 0 bridgehead atoms. The van der Waals surface area contributed by atoms with Gasteiger partial charge in [0.15, 0.2) is 0 Å². The SMILES string of the molecule is O=C(C1CCCC2CCCCC21)N1CCN(C(=O)C2CCCC3CCCCC32)CC1. The van der Waals surface area contributed by atoms with Crippen LogP contribution in [-0.2, 0) is 9.59 Å². The van der Waals surface area contributed by atoms with Gasteiger partial charge in [0.25, 0.3) is 0 Å². The van der Waals surface area contributed by atoms with Gasteiger partial charge in [-0.3, -0.25) is 9.59 Å². The van der Waals surface area contributed by atoms with E-state index in [0.717, 1.165) is 50.9 Å². The second-order valence-electron chi connectivity index (χ2n) is 11.1. The minimum absolute atomic E-state index is 0.271. The molecule has 5 fully saturated rings. The topological polar surface area (TPSA) is 40.6 Å². The Morgan fingerprint density at radius 2 is 0.833 bits per heavy atom. The Bertz CT molecular complexity index is 569. The molecule has 6 atom stereocenters. The summed E-state index contributed by atoms with van der Waals surface area (Å²) in [5.74, 6) is 4.28. The van der Waals surface area contributed by atoms with Crippen molar-refractivity contribution in [3.8, 4) is 0 Å². The molecular formula is C26H42N2O2. The fourth-order valence-corrected chi connectivity index (χ4v) is 8.11. The van der Waals surface area contributed by atoms with Crippen molar-refractivity contribution in [3.63, 3.8) is 0 Å². The van der Waals surface area contributed by atoms with Crippen molar-refractivity contribution in [3.05, 3.63) is 0 Å². The third kappa shape index (κ3) is 4.05. The lowest BCUT2D eigenvalue weighted by Gasteiger charge is -2.45. The van der Waals surface area contributed by atoms with Crippen LogP contribution in [0.2, 0.25) is 0 Å². The van der Waals surface area contributed by atoms with Crippen molar-refractivity contribution in [2.75, 3.05) is 26.2 Å².